The van der Waals surface area contributed by atoms with E-state index in [1.807, 2.05) is 0 Å². The van der Waals surface area contributed by atoms with E-state index in [9.17, 15) is 4.39 Å². The van der Waals surface area contributed by atoms with Crippen molar-refractivity contribution in [1.82, 2.24) is 9.97 Å². The van der Waals surface area contributed by atoms with Gasteiger partial charge in [-0.1, -0.05) is 23.2 Å². The summed E-state index contributed by atoms with van der Waals surface area (Å²) in [5, 5.41) is 0.666. The molecule has 5 heteroatoms. The molecule has 2 rings (SSSR count). The van der Waals surface area contributed by atoms with E-state index >= 15 is 0 Å². The average molecular weight is 243 g/mol. The molecule has 0 saturated heterocycles. The maximum absolute atomic E-state index is 13.1. The summed E-state index contributed by atoms with van der Waals surface area (Å²) in [5.74, 6) is -0.424. The molecular formula is C10H5Cl2FN2. The fourth-order valence-electron chi connectivity index (χ4n) is 1.22. The van der Waals surface area contributed by atoms with E-state index in [0.717, 1.165) is 0 Å². The molecule has 1 aromatic heterocycles. The predicted molar refractivity (Wildman–Crippen MR) is 57.4 cm³/mol. The maximum Gasteiger partial charge on any atom is 0.125 e. The monoisotopic (exact) mass is 242 g/mol. The van der Waals surface area contributed by atoms with Gasteiger partial charge in [0.1, 0.15) is 12.1 Å². The minimum Gasteiger partial charge on any atom is -0.243 e. The Morgan fingerprint density at radius 3 is 2.60 bits per heavy atom. The molecule has 0 spiro atoms. The molecule has 0 unspecified atom stereocenters. The third-order valence-corrected chi connectivity index (χ3v) is 2.30. The zero-order valence-corrected chi connectivity index (χ0v) is 8.93. The highest BCUT2D eigenvalue weighted by molar-refractivity contribution is 6.33. The van der Waals surface area contributed by atoms with Gasteiger partial charge in [0.2, 0.25) is 0 Å². The second kappa shape index (κ2) is 4.13. The van der Waals surface area contributed by atoms with Crippen LogP contribution in [0.2, 0.25) is 10.0 Å². The molecule has 0 radical (unpaired) electrons. The maximum atomic E-state index is 13.1. The second-order valence-electron chi connectivity index (χ2n) is 2.88. The van der Waals surface area contributed by atoms with E-state index in [4.69, 9.17) is 23.2 Å². The highest BCUT2D eigenvalue weighted by Gasteiger charge is 2.07. The first-order chi connectivity index (χ1) is 7.16. The fraction of sp³-hybridized carbons (Fsp3) is 0. The Hall–Kier alpha value is -1.19. The van der Waals surface area contributed by atoms with Crippen molar-refractivity contribution < 1.29 is 4.39 Å². The van der Waals surface area contributed by atoms with Gasteiger partial charge in [0.05, 0.1) is 10.7 Å². The van der Waals surface area contributed by atoms with Crippen molar-refractivity contribution in [2.75, 3.05) is 0 Å². The van der Waals surface area contributed by atoms with Gasteiger partial charge in [-0.25, -0.2) is 14.4 Å². The molecule has 2 aromatic rings. The first-order valence-electron chi connectivity index (χ1n) is 4.09. The number of hydrogen-bond acceptors (Lipinski definition) is 2. The van der Waals surface area contributed by atoms with Crippen molar-refractivity contribution >= 4 is 23.2 Å². The molecule has 0 atom stereocenters. The van der Waals surface area contributed by atoms with Crippen LogP contribution >= 0.6 is 23.2 Å². The molecule has 0 N–H and O–H groups in total. The molecule has 0 bridgehead atoms. The molecule has 1 aromatic carbocycles. The van der Waals surface area contributed by atoms with Crippen LogP contribution < -0.4 is 0 Å². The Morgan fingerprint density at radius 1 is 1.13 bits per heavy atom. The second-order valence-corrected chi connectivity index (χ2v) is 3.72. The predicted octanol–water partition coefficient (Wildman–Crippen LogP) is 3.59. The van der Waals surface area contributed by atoms with Crippen molar-refractivity contribution in [3.05, 3.63) is 46.6 Å². The third-order valence-electron chi connectivity index (χ3n) is 1.80. The first kappa shape index (κ1) is 10.3. The number of benzene rings is 1. The Morgan fingerprint density at radius 2 is 1.93 bits per heavy atom. The van der Waals surface area contributed by atoms with Crippen molar-refractivity contribution in [2.24, 2.45) is 0 Å². The lowest BCUT2D eigenvalue weighted by Crippen LogP contribution is -1.87. The zero-order chi connectivity index (χ0) is 10.8. The largest absolute Gasteiger partial charge is 0.243 e. The third kappa shape index (κ3) is 2.25. The lowest BCUT2D eigenvalue weighted by atomic mass is 10.1. The highest BCUT2D eigenvalue weighted by Crippen LogP contribution is 2.27. The van der Waals surface area contributed by atoms with E-state index < -0.39 is 5.82 Å². The number of aromatic nitrogens is 2. The summed E-state index contributed by atoms with van der Waals surface area (Å²) in [4.78, 5) is 7.71. The molecule has 2 nitrogen and oxygen atoms in total. The number of nitrogens with zero attached hydrogens (tertiary/aromatic N) is 2. The molecule has 0 amide bonds. The summed E-state index contributed by atoms with van der Waals surface area (Å²) >= 11 is 11.6. The van der Waals surface area contributed by atoms with Crippen LogP contribution in [-0.4, -0.2) is 9.97 Å². The molecule has 1 heterocycles. The summed E-state index contributed by atoms with van der Waals surface area (Å²) in [6.07, 6.45) is 2.79. The van der Waals surface area contributed by atoms with Crippen LogP contribution in [0.1, 0.15) is 0 Å². The van der Waals surface area contributed by atoms with Crippen molar-refractivity contribution in [3.63, 3.8) is 0 Å². The molecule has 0 aliphatic carbocycles. The molecule has 0 aliphatic rings. The number of hydrogen-bond donors (Lipinski definition) is 0. The Bertz CT molecular complexity index is 482. The molecule has 76 valence electrons. The standard InChI is InChI=1S/C10H5Cl2FN2/c11-7-1-6(2-8(13)3-7)10-9(12)4-14-5-15-10/h1-5H. The number of rotatable bonds is 1. The summed E-state index contributed by atoms with van der Waals surface area (Å²) in [5.41, 5.74) is 1.00. The van der Waals surface area contributed by atoms with Crippen LogP contribution in [-0.2, 0) is 0 Å². The van der Waals surface area contributed by atoms with Crippen molar-refractivity contribution in [1.29, 1.82) is 0 Å². The zero-order valence-electron chi connectivity index (χ0n) is 7.42. The average Bonchev–Trinajstić information content (AvgIpc) is 2.16. The minimum atomic E-state index is -0.424. The molecule has 0 fully saturated rings. The van der Waals surface area contributed by atoms with Crippen LogP contribution in [0.15, 0.2) is 30.7 Å². The SMILES string of the molecule is Fc1cc(Cl)cc(-c2ncncc2Cl)c1. The first-order valence-corrected chi connectivity index (χ1v) is 4.84. The Kier molecular flexibility index (Phi) is 2.84. The van der Waals surface area contributed by atoms with Gasteiger partial charge in [0.15, 0.2) is 0 Å². The molecular weight excluding hydrogens is 238 g/mol. The minimum absolute atomic E-state index is 0.305. The van der Waals surface area contributed by atoms with Gasteiger partial charge in [-0.2, -0.15) is 0 Å². The topological polar surface area (TPSA) is 25.8 Å². The van der Waals surface area contributed by atoms with Gasteiger partial charge in [-0.05, 0) is 18.2 Å². The van der Waals surface area contributed by atoms with Gasteiger partial charge in [0.25, 0.3) is 0 Å². The van der Waals surface area contributed by atoms with Crippen LogP contribution in [0.4, 0.5) is 4.39 Å². The smallest absolute Gasteiger partial charge is 0.125 e. The van der Waals surface area contributed by atoms with Gasteiger partial charge >= 0.3 is 0 Å². The van der Waals surface area contributed by atoms with E-state index in [-0.39, 0.29) is 0 Å². The summed E-state index contributed by atoms with van der Waals surface area (Å²) in [7, 11) is 0. The highest BCUT2D eigenvalue weighted by atomic mass is 35.5. The molecule has 0 aliphatic heterocycles. The van der Waals surface area contributed by atoms with E-state index in [1.54, 1.807) is 6.07 Å². The van der Waals surface area contributed by atoms with E-state index in [1.165, 1.54) is 24.7 Å². The van der Waals surface area contributed by atoms with Gasteiger partial charge in [-0.3, -0.25) is 0 Å². The Balaban J connectivity index is 2.59. The van der Waals surface area contributed by atoms with Crippen LogP contribution in [0.3, 0.4) is 0 Å². The lowest BCUT2D eigenvalue weighted by Gasteiger charge is -2.03. The van der Waals surface area contributed by atoms with E-state index in [0.29, 0.717) is 21.3 Å². The summed E-state index contributed by atoms with van der Waals surface area (Å²) in [6.45, 7) is 0. The van der Waals surface area contributed by atoms with Crippen LogP contribution in [0.5, 0.6) is 0 Å². The van der Waals surface area contributed by atoms with Gasteiger partial charge < -0.3 is 0 Å². The lowest BCUT2D eigenvalue weighted by molar-refractivity contribution is 0.628. The van der Waals surface area contributed by atoms with Crippen LogP contribution in [0, 0.1) is 5.82 Å². The summed E-state index contributed by atoms with van der Waals surface area (Å²) < 4.78 is 13.1. The van der Waals surface area contributed by atoms with Gasteiger partial charge in [-0.15, -0.1) is 0 Å². The van der Waals surface area contributed by atoms with Crippen molar-refractivity contribution in [3.8, 4) is 11.3 Å². The van der Waals surface area contributed by atoms with Crippen molar-refractivity contribution in [2.45, 2.75) is 0 Å². The van der Waals surface area contributed by atoms with Crippen LogP contribution in [0.25, 0.3) is 11.3 Å². The summed E-state index contributed by atoms with van der Waals surface area (Å²) in [6, 6.07) is 4.14. The van der Waals surface area contributed by atoms with E-state index in [2.05, 4.69) is 9.97 Å². The Labute approximate surface area is 95.7 Å². The molecule has 15 heavy (non-hydrogen) atoms. The normalized spacial score (nSPS) is 10.3. The number of halogens is 3. The quantitative estimate of drug-likeness (QED) is 0.764. The molecule has 0 saturated carbocycles. The van der Waals surface area contributed by atoms with Gasteiger partial charge in [0, 0.05) is 16.8 Å². The fourth-order valence-corrected chi connectivity index (χ4v) is 1.65.